The Labute approximate surface area is 169 Å². The zero-order valence-electron chi connectivity index (χ0n) is 17.0. The standard InChI is InChI=1S/C22H25FN2O4/c1-13-12-15(7-8-16(13)23)20(26)18-19(17-9-6-14(2)29-17)25(22(28)21(18)27)11-5-10-24(3)4/h6-9,12,19,26H,5,10-11H2,1-4H3/b20-18-. The number of rotatable bonds is 6. The monoisotopic (exact) mass is 400 g/mol. The first-order chi connectivity index (χ1) is 13.7. The molecule has 0 radical (unpaired) electrons. The lowest BCUT2D eigenvalue weighted by atomic mass is 9.98. The number of Topliss-reactive ketones (excluding diaryl/α,β-unsaturated/α-hetero) is 1. The van der Waals surface area contributed by atoms with Crippen molar-refractivity contribution in [2.45, 2.75) is 26.3 Å². The molecule has 6 nitrogen and oxygen atoms in total. The van der Waals surface area contributed by atoms with Crippen molar-refractivity contribution in [3.05, 3.63) is 64.4 Å². The number of hydrogen-bond donors (Lipinski definition) is 1. The second-order valence-corrected chi connectivity index (χ2v) is 7.56. The number of aryl methyl sites for hydroxylation is 2. The number of furan rings is 1. The van der Waals surface area contributed by atoms with Gasteiger partial charge in [-0.2, -0.15) is 0 Å². The fourth-order valence-corrected chi connectivity index (χ4v) is 3.51. The van der Waals surface area contributed by atoms with Crippen LogP contribution in [0.3, 0.4) is 0 Å². The van der Waals surface area contributed by atoms with Crippen LogP contribution in [0.5, 0.6) is 0 Å². The predicted octanol–water partition coefficient (Wildman–Crippen LogP) is 3.41. The van der Waals surface area contributed by atoms with Crippen molar-refractivity contribution in [1.29, 1.82) is 0 Å². The zero-order chi connectivity index (χ0) is 21.3. The Bertz CT molecular complexity index is 977. The van der Waals surface area contributed by atoms with E-state index in [4.69, 9.17) is 4.42 Å². The van der Waals surface area contributed by atoms with E-state index >= 15 is 0 Å². The van der Waals surface area contributed by atoms with Crippen molar-refractivity contribution in [2.75, 3.05) is 27.2 Å². The lowest BCUT2D eigenvalue weighted by Crippen LogP contribution is -2.32. The van der Waals surface area contributed by atoms with Gasteiger partial charge in [0.2, 0.25) is 0 Å². The molecular formula is C22H25FN2O4. The van der Waals surface area contributed by atoms with Crippen LogP contribution in [-0.2, 0) is 9.59 Å². The Morgan fingerprint density at radius 3 is 2.52 bits per heavy atom. The molecular weight excluding hydrogens is 375 g/mol. The molecule has 1 saturated heterocycles. The molecule has 1 atom stereocenters. The topological polar surface area (TPSA) is 74.0 Å². The number of halogens is 1. The molecule has 1 aromatic carbocycles. The summed E-state index contributed by atoms with van der Waals surface area (Å²) in [5.74, 6) is -1.15. The van der Waals surface area contributed by atoms with E-state index in [0.717, 1.165) is 6.54 Å². The van der Waals surface area contributed by atoms with E-state index in [2.05, 4.69) is 0 Å². The van der Waals surface area contributed by atoms with Crippen molar-refractivity contribution in [3.8, 4) is 0 Å². The van der Waals surface area contributed by atoms with E-state index in [1.807, 2.05) is 19.0 Å². The average Bonchev–Trinajstić information content (AvgIpc) is 3.19. The van der Waals surface area contributed by atoms with Crippen LogP contribution in [0.25, 0.3) is 5.76 Å². The molecule has 1 aromatic heterocycles. The van der Waals surface area contributed by atoms with Gasteiger partial charge < -0.3 is 19.3 Å². The summed E-state index contributed by atoms with van der Waals surface area (Å²) in [4.78, 5) is 29.0. The van der Waals surface area contributed by atoms with Crippen molar-refractivity contribution in [1.82, 2.24) is 9.80 Å². The van der Waals surface area contributed by atoms with Gasteiger partial charge in [-0.25, -0.2) is 4.39 Å². The van der Waals surface area contributed by atoms with E-state index < -0.39 is 23.5 Å². The fraction of sp³-hybridized carbons (Fsp3) is 0.364. The van der Waals surface area contributed by atoms with Gasteiger partial charge in [0.25, 0.3) is 11.7 Å². The van der Waals surface area contributed by atoms with E-state index in [0.29, 0.717) is 30.0 Å². The maximum Gasteiger partial charge on any atom is 0.295 e. The molecule has 1 amide bonds. The Morgan fingerprint density at radius 2 is 1.93 bits per heavy atom. The maximum atomic E-state index is 13.6. The van der Waals surface area contributed by atoms with Gasteiger partial charge in [-0.15, -0.1) is 0 Å². The number of benzene rings is 1. The van der Waals surface area contributed by atoms with Crippen LogP contribution >= 0.6 is 0 Å². The van der Waals surface area contributed by atoms with Crippen molar-refractivity contribution >= 4 is 17.4 Å². The second kappa shape index (κ2) is 8.21. The van der Waals surface area contributed by atoms with E-state index in [9.17, 15) is 19.1 Å². The lowest BCUT2D eigenvalue weighted by molar-refractivity contribution is -0.140. The first kappa shape index (κ1) is 20.8. The third kappa shape index (κ3) is 4.10. The van der Waals surface area contributed by atoms with Crippen molar-refractivity contribution < 1.29 is 23.5 Å². The smallest absolute Gasteiger partial charge is 0.295 e. The minimum Gasteiger partial charge on any atom is -0.507 e. The minimum atomic E-state index is -0.823. The van der Waals surface area contributed by atoms with E-state index in [-0.39, 0.29) is 16.9 Å². The largest absolute Gasteiger partial charge is 0.507 e. The first-order valence-electron chi connectivity index (χ1n) is 9.46. The summed E-state index contributed by atoms with van der Waals surface area (Å²) in [6, 6.07) is 6.70. The molecule has 0 aliphatic carbocycles. The molecule has 1 unspecified atom stereocenters. The van der Waals surface area contributed by atoms with Gasteiger partial charge in [0.1, 0.15) is 29.1 Å². The van der Waals surface area contributed by atoms with Gasteiger partial charge in [0.05, 0.1) is 5.57 Å². The third-order valence-corrected chi connectivity index (χ3v) is 5.01. The van der Waals surface area contributed by atoms with Crippen LogP contribution in [0.15, 0.2) is 40.3 Å². The van der Waals surface area contributed by atoms with Gasteiger partial charge in [0.15, 0.2) is 0 Å². The van der Waals surface area contributed by atoms with Crippen molar-refractivity contribution in [2.24, 2.45) is 0 Å². The highest BCUT2D eigenvalue weighted by Gasteiger charge is 2.47. The SMILES string of the molecule is Cc1ccc(C2/C(=C(/O)c3ccc(F)c(C)c3)C(=O)C(=O)N2CCCN(C)C)o1. The number of carbonyl (C=O) groups excluding carboxylic acids is 2. The summed E-state index contributed by atoms with van der Waals surface area (Å²) < 4.78 is 19.4. The molecule has 3 rings (SSSR count). The zero-order valence-corrected chi connectivity index (χ0v) is 17.0. The first-order valence-corrected chi connectivity index (χ1v) is 9.46. The number of aliphatic hydroxyl groups is 1. The minimum absolute atomic E-state index is 0.0415. The van der Waals surface area contributed by atoms with Crippen LogP contribution in [0.2, 0.25) is 0 Å². The van der Waals surface area contributed by atoms with Crippen LogP contribution in [0.1, 0.15) is 35.1 Å². The summed E-state index contributed by atoms with van der Waals surface area (Å²) in [6.07, 6.45) is 0.659. The predicted molar refractivity (Wildman–Crippen MR) is 107 cm³/mol. The van der Waals surface area contributed by atoms with Gasteiger partial charge in [-0.3, -0.25) is 9.59 Å². The quantitative estimate of drug-likeness (QED) is 0.457. The third-order valence-electron chi connectivity index (χ3n) is 5.01. The molecule has 2 aromatic rings. The van der Waals surface area contributed by atoms with E-state index in [1.54, 1.807) is 26.0 Å². The number of likely N-dealkylation sites (tertiary alicyclic amines) is 1. The Morgan fingerprint density at radius 1 is 1.21 bits per heavy atom. The van der Waals surface area contributed by atoms with Gasteiger partial charge >= 0.3 is 0 Å². The summed E-state index contributed by atoms with van der Waals surface area (Å²) in [5.41, 5.74) is 0.573. The van der Waals surface area contributed by atoms with Crippen LogP contribution in [0.4, 0.5) is 4.39 Å². The van der Waals surface area contributed by atoms with E-state index in [1.165, 1.54) is 23.1 Å². The highest BCUT2D eigenvalue weighted by Crippen LogP contribution is 2.40. The number of hydrogen-bond acceptors (Lipinski definition) is 5. The molecule has 154 valence electrons. The average molecular weight is 400 g/mol. The number of amides is 1. The summed E-state index contributed by atoms with van der Waals surface area (Å²) in [7, 11) is 3.86. The molecule has 0 bridgehead atoms. The Balaban J connectivity index is 2.08. The van der Waals surface area contributed by atoms with Gasteiger partial charge in [0, 0.05) is 12.1 Å². The molecule has 1 aliphatic heterocycles. The molecule has 29 heavy (non-hydrogen) atoms. The molecule has 1 N–H and O–H groups in total. The molecule has 0 saturated carbocycles. The fourth-order valence-electron chi connectivity index (χ4n) is 3.51. The molecule has 7 heteroatoms. The molecule has 1 fully saturated rings. The Kier molecular flexibility index (Phi) is 5.88. The van der Waals surface area contributed by atoms with Crippen LogP contribution in [-0.4, -0.2) is 53.8 Å². The number of nitrogens with zero attached hydrogens (tertiary/aromatic N) is 2. The number of aliphatic hydroxyl groups excluding tert-OH is 1. The number of carbonyl (C=O) groups is 2. The van der Waals surface area contributed by atoms with Gasteiger partial charge in [-0.05, 0) is 76.8 Å². The lowest BCUT2D eigenvalue weighted by Gasteiger charge is -2.24. The summed E-state index contributed by atoms with van der Waals surface area (Å²) in [6.45, 7) is 4.42. The summed E-state index contributed by atoms with van der Waals surface area (Å²) >= 11 is 0. The van der Waals surface area contributed by atoms with Crippen LogP contribution in [0, 0.1) is 19.7 Å². The maximum absolute atomic E-state index is 13.6. The molecule has 0 spiro atoms. The highest BCUT2D eigenvalue weighted by atomic mass is 19.1. The highest BCUT2D eigenvalue weighted by molar-refractivity contribution is 6.46. The molecule has 1 aliphatic rings. The Hall–Kier alpha value is -2.93. The molecule has 2 heterocycles. The normalized spacial score (nSPS) is 18.8. The van der Waals surface area contributed by atoms with Crippen molar-refractivity contribution in [3.63, 3.8) is 0 Å². The second-order valence-electron chi connectivity index (χ2n) is 7.56. The van der Waals surface area contributed by atoms with Crippen LogP contribution < -0.4 is 0 Å². The summed E-state index contributed by atoms with van der Waals surface area (Å²) in [5, 5.41) is 10.9. The van der Waals surface area contributed by atoms with Gasteiger partial charge in [-0.1, -0.05) is 0 Å². The number of ketones is 1.